The minimum atomic E-state index is -1.19. The Hall–Kier alpha value is -4.24. The number of carbonyl (C=O) groups excluding carboxylic acids is 2. The van der Waals surface area contributed by atoms with Crippen LogP contribution in [0.15, 0.2) is 97.3 Å². The van der Waals surface area contributed by atoms with Crippen molar-refractivity contribution in [2.45, 2.75) is 0 Å². The number of carboxylic acid groups (broad SMARTS) is 2. The molecule has 0 aliphatic carbocycles. The third-order valence-electron chi connectivity index (χ3n) is 4.20. The first-order valence-corrected chi connectivity index (χ1v) is 9.97. The van der Waals surface area contributed by atoms with Crippen molar-refractivity contribution in [2.24, 2.45) is 0 Å². The summed E-state index contributed by atoms with van der Waals surface area (Å²) in [5, 5.41) is 20.6. The van der Waals surface area contributed by atoms with Gasteiger partial charge in [0.25, 0.3) is 0 Å². The van der Waals surface area contributed by atoms with Crippen LogP contribution in [0.4, 0.5) is 0 Å². The van der Waals surface area contributed by atoms with Gasteiger partial charge in [0.05, 0.1) is 37.5 Å². The molecule has 4 rings (SSSR count). The van der Waals surface area contributed by atoms with Crippen molar-refractivity contribution in [3.8, 4) is 22.9 Å². The molecular weight excluding hydrogens is 516 g/mol. The fourth-order valence-electron chi connectivity index (χ4n) is 2.53. The van der Waals surface area contributed by atoms with Gasteiger partial charge in [-0.15, -0.1) is 0 Å². The van der Waals surface area contributed by atoms with E-state index in [0.29, 0.717) is 11.5 Å². The molecule has 9 nitrogen and oxygen atoms in total. The number of rotatable bonds is 5. The van der Waals surface area contributed by atoms with E-state index in [1.165, 1.54) is 38.5 Å². The summed E-state index contributed by atoms with van der Waals surface area (Å²) in [7, 11) is 2.96. The quantitative estimate of drug-likeness (QED) is 0.345. The third-order valence-corrected chi connectivity index (χ3v) is 4.20. The fraction of sp³-hybridized carbons (Fsp3) is 0.0769. The van der Waals surface area contributed by atoms with Gasteiger partial charge in [0.2, 0.25) is 0 Å². The number of benzene rings is 2. The SMILES string of the molecule is COc1cccc(C(=O)[O-])c1.COc1cccc(C(=O)[O-])c1.O.[Cu+2].c1ccc(-c2ccccn2)nc1. The molecule has 0 bridgehead atoms. The first kappa shape index (κ1) is 31.8. The van der Waals surface area contributed by atoms with Crippen LogP contribution in [0.25, 0.3) is 11.4 Å². The van der Waals surface area contributed by atoms with Crippen molar-refractivity contribution < 1.29 is 51.8 Å². The van der Waals surface area contributed by atoms with Gasteiger partial charge in [-0.3, -0.25) is 9.97 Å². The molecule has 2 heterocycles. The Morgan fingerprint density at radius 1 is 0.639 bits per heavy atom. The summed E-state index contributed by atoms with van der Waals surface area (Å²) >= 11 is 0. The second-order valence-corrected chi connectivity index (χ2v) is 6.47. The van der Waals surface area contributed by atoms with E-state index in [-0.39, 0.29) is 33.7 Å². The number of hydrogen-bond acceptors (Lipinski definition) is 8. The second-order valence-electron chi connectivity index (χ2n) is 6.47. The van der Waals surface area contributed by atoms with Gasteiger partial charge in [0.15, 0.2) is 0 Å². The minimum absolute atomic E-state index is 0. The molecule has 10 heteroatoms. The molecule has 2 aromatic heterocycles. The maximum absolute atomic E-state index is 10.3. The monoisotopic (exact) mass is 539 g/mol. The molecule has 0 saturated carbocycles. The summed E-state index contributed by atoms with van der Waals surface area (Å²) in [5.41, 5.74) is 2.09. The first-order valence-electron chi connectivity index (χ1n) is 9.97. The number of aromatic nitrogens is 2. The predicted octanol–water partition coefficient (Wildman–Crippen LogP) is 1.43. The summed E-state index contributed by atoms with van der Waals surface area (Å²) in [5.74, 6) is -1.34. The topological polar surface area (TPSA) is 156 Å². The van der Waals surface area contributed by atoms with Gasteiger partial charge in [0.1, 0.15) is 11.5 Å². The normalized spacial score (nSPS) is 8.83. The molecule has 0 saturated heterocycles. The van der Waals surface area contributed by atoms with Crippen LogP contribution in [0.5, 0.6) is 11.5 Å². The van der Waals surface area contributed by atoms with Crippen LogP contribution < -0.4 is 19.7 Å². The van der Waals surface area contributed by atoms with Gasteiger partial charge in [0, 0.05) is 23.5 Å². The average molecular weight is 540 g/mol. The molecule has 0 amide bonds. The van der Waals surface area contributed by atoms with Crippen molar-refractivity contribution in [3.63, 3.8) is 0 Å². The summed E-state index contributed by atoms with van der Waals surface area (Å²) in [6.45, 7) is 0. The molecule has 2 aromatic carbocycles. The van der Waals surface area contributed by atoms with Crippen molar-refractivity contribution in [1.29, 1.82) is 0 Å². The van der Waals surface area contributed by atoms with Crippen LogP contribution in [0.3, 0.4) is 0 Å². The Bertz CT molecular complexity index is 1100. The Labute approximate surface area is 219 Å². The zero-order valence-corrected chi connectivity index (χ0v) is 20.3. The van der Waals surface area contributed by atoms with E-state index < -0.39 is 11.9 Å². The predicted molar refractivity (Wildman–Crippen MR) is 126 cm³/mol. The Morgan fingerprint density at radius 2 is 1.03 bits per heavy atom. The summed E-state index contributed by atoms with van der Waals surface area (Å²) in [4.78, 5) is 29.0. The number of ether oxygens (including phenoxy) is 2. The van der Waals surface area contributed by atoms with Crippen LogP contribution in [0.1, 0.15) is 20.7 Å². The molecule has 191 valence electrons. The van der Waals surface area contributed by atoms with Crippen molar-refractivity contribution in [1.82, 2.24) is 9.97 Å². The Morgan fingerprint density at radius 3 is 1.31 bits per heavy atom. The summed E-state index contributed by atoms with van der Waals surface area (Å²) in [6.07, 6.45) is 3.54. The molecule has 0 fully saturated rings. The largest absolute Gasteiger partial charge is 2.00 e. The number of nitrogens with zero attached hydrogens (tertiary/aromatic N) is 2. The number of carboxylic acids is 2. The van der Waals surface area contributed by atoms with Gasteiger partial charge in [-0.1, -0.05) is 36.4 Å². The molecular formula is C26H24CuN2O7. The number of aromatic carboxylic acids is 2. The smallest absolute Gasteiger partial charge is 0.545 e. The molecule has 0 unspecified atom stereocenters. The van der Waals surface area contributed by atoms with E-state index in [4.69, 9.17) is 9.47 Å². The summed E-state index contributed by atoms with van der Waals surface area (Å²) < 4.78 is 9.63. The molecule has 36 heavy (non-hydrogen) atoms. The molecule has 0 aliphatic heterocycles. The van der Waals surface area contributed by atoms with E-state index in [0.717, 1.165) is 11.4 Å². The zero-order valence-electron chi connectivity index (χ0n) is 19.4. The van der Waals surface area contributed by atoms with Crippen LogP contribution in [-0.4, -0.2) is 41.6 Å². The van der Waals surface area contributed by atoms with Gasteiger partial charge >= 0.3 is 17.1 Å². The number of methoxy groups -OCH3 is 2. The van der Waals surface area contributed by atoms with Crippen LogP contribution in [0.2, 0.25) is 0 Å². The molecule has 4 aromatic rings. The van der Waals surface area contributed by atoms with Gasteiger partial charge < -0.3 is 34.8 Å². The van der Waals surface area contributed by atoms with E-state index in [2.05, 4.69) is 9.97 Å². The van der Waals surface area contributed by atoms with Crippen LogP contribution in [-0.2, 0) is 17.1 Å². The molecule has 0 aliphatic rings. The van der Waals surface area contributed by atoms with Gasteiger partial charge in [-0.05, 0) is 48.5 Å². The zero-order chi connectivity index (χ0) is 24.8. The van der Waals surface area contributed by atoms with E-state index in [1.807, 2.05) is 36.4 Å². The van der Waals surface area contributed by atoms with Crippen LogP contribution >= 0.6 is 0 Å². The Kier molecular flexibility index (Phi) is 15.2. The van der Waals surface area contributed by atoms with Crippen molar-refractivity contribution in [3.05, 3.63) is 108 Å². The van der Waals surface area contributed by atoms with Crippen molar-refractivity contribution in [2.75, 3.05) is 14.2 Å². The van der Waals surface area contributed by atoms with Crippen molar-refractivity contribution >= 4 is 11.9 Å². The average Bonchev–Trinajstić information content (AvgIpc) is 2.90. The standard InChI is InChI=1S/C10H8N2.2C8H8O3.Cu.H2O/c1-3-7-11-9(5-1)10-6-2-4-8-12-10;2*1-11-7-4-2-3-6(5-7)8(9)10;;/h1-8H;2*2-5H,1H3,(H,9,10);;1H2/q;;;+2;/p-2. The van der Waals surface area contributed by atoms with Gasteiger partial charge in [-0.2, -0.15) is 0 Å². The number of carbonyl (C=O) groups is 2. The summed E-state index contributed by atoms with van der Waals surface area (Å²) in [6, 6.07) is 23.9. The Balaban J connectivity index is 0.000000498. The molecule has 0 spiro atoms. The van der Waals surface area contributed by atoms with E-state index in [9.17, 15) is 19.8 Å². The van der Waals surface area contributed by atoms with Crippen LogP contribution in [0, 0.1) is 0 Å². The molecule has 2 N–H and O–H groups in total. The number of hydrogen-bond donors (Lipinski definition) is 0. The fourth-order valence-corrected chi connectivity index (χ4v) is 2.53. The molecule has 0 atom stereocenters. The maximum Gasteiger partial charge on any atom is 2.00 e. The second kappa shape index (κ2) is 17.2. The van der Waals surface area contributed by atoms with E-state index >= 15 is 0 Å². The minimum Gasteiger partial charge on any atom is -0.545 e. The van der Waals surface area contributed by atoms with Gasteiger partial charge in [-0.25, -0.2) is 0 Å². The first-order chi connectivity index (χ1) is 16.4. The third kappa shape index (κ3) is 10.8. The number of pyridine rings is 2. The molecule has 1 radical (unpaired) electrons. The van der Waals surface area contributed by atoms with E-state index in [1.54, 1.807) is 36.7 Å². The maximum atomic E-state index is 10.3.